The molecule has 5 rings (SSSR count). The molecule has 0 saturated carbocycles. The second-order valence-corrected chi connectivity index (χ2v) is 8.80. The SMILES string of the molecule is O=C(Oc1ccc(OCOc2ccc(OCOCC3CO3)cc2F)c(F)c1)c1ccc(OCOCC2CO2)cc1F. The van der Waals surface area contributed by atoms with Crippen molar-refractivity contribution in [2.24, 2.45) is 0 Å². The van der Waals surface area contributed by atoms with Gasteiger partial charge in [0, 0.05) is 18.2 Å². The highest BCUT2D eigenvalue weighted by atomic mass is 19.1. The smallest absolute Gasteiger partial charge is 0.346 e. The van der Waals surface area contributed by atoms with Gasteiger partial charge in [0.2, 0.25) is 6.79 Å². The number of hydrogen-bond acceptors (Lipinski definition) is 10. The van der Waals surface area contributed by atoms with Crippen molar-refractivity contribution in [3.8, 4) is 28.7 Å². The fourth-order valence-corrected chi connectivity index (χ4v) is 3.33. The van der Waals surface area contributed by atoms with E-state index in [9.17, 15) is 18.0 Å². The average Bonchev–Trinajstić information content (AvgIpc) is 3.88. The molecule has 10 nitrogen and oxygen atoms in total. The van der Waals surface area contributed by atoms with E-state index in [1.807, 2.05) is 0 Å². The number of halogens is 3. The van der Waals surface area contributed by atoms with Crippen molar-refractivity contribution in [1.82, 2.24) is 0 Å². The highest BCUT2D eigenvalue weighted by Crippen LogP contribution is 2.26. The molecule has 3 aromatic rings. The predicted octanol–water partition coefficient (Wildman–Crippen LogP) is 4.24. The van der Waals surface area contributed by atoms with Crippen LogP contribution in [0.4, 0.5) is 13.2 Å². The average molecular weight is 578 g/mol. The molecule has 0 aliphatic carbocycles. The number of carbonyl (C=O) groups is 1. The van der Waals surface area contributed by atoms with E-state index in [4.69, 9.17) is 42.6 Å². The molecular formula is C28H25F3O10. The molecule has 2 aliphatic rings. The van der Waals surface area contributed by atoms with E-state index in [2.05, 4.69) is 0 Å². The third kappa shape index (κ3) is 8.72. The topological polar surface area (TPSA) is 107 Å². The summed E-state index contributed by atoms with van der Waals surface area (Å²) < 4.78 is 89.7. The third-order valence-electron chi connectivity index (χ3n) is 5.64. The van der Waals surface area contributed by atoms with Crippen molar-refractivity contribution in [3.05, 3.63) is 77.6 Å². The van der Waals surface area contributed by atoms with E-state index in [-0.39, 0.29) is 60.1 Å². The minimum Gasteiger partial charge on any atom is -0.467 e. The van der Waals surface area contributed by atoms with Crippen LogP contribution >= 0.6 is 0 Å². The van der Waals surface area contributed by atoms with Gasteiger partial charge in [-0.25, -0.2) is 18.0 Å². The zero-order chi connectivity index (χ0) is 28.6. The maximum Gasteiger partial charge on any atom is 0.346 e. The molecule has 2 aliphatic heterocycles. The lowest BCUT2D eigenvalue weighted by atomic mass is 10.2. The van der Waals surface area contributed by atoms with Gasteiger partial charge in [-0.05, 0) is 36.4 Å². The van der Waals surface area contributed by atoms with Crippen LogP contribution in [0.15, 0.2) is 54.6 Å². The Morgan fingerprint density at radius 2 is 1.15 bits per heavy atom. The van der Waals surface area contributed by atoms with Crippen LogP contribution in [0.25, 0.3) is 0 Å². The van der Waals surface area contributed by atoms with Gasteiger partial charge in [-0.15, -0.1) is 0 Å². The number of ether oxygens (including phenoxy) is 9. The van der Waals surface area contributed by atoms with Crippen LogP contribution in [0.2, 0.25) is 0 Å². The summed E-state index contributed by atoms with van der Waals surface area (Å²) in [6.45, 7) is 1.39. The minimum absolute atomic E-state index is 0.0592. The Labute approximate surface area is 232 Å². The lowest BCUT2D eigenvalue weighted by Gasteiger charge is -2.12. The molecular weight excluding hydrogens is 553 g/mol. The van der Waals surface area contributed by atoms with Crippen LogP contribution < -0.4 is 23.7 Å². The Bertz CT molecular complexity index is 1350. The number of rotatable bonds is 16. The monoisotopic (exact) mass is 578 g/mol. The summed E-state index contributed by atoms with van der Waals surface area (Å²) in [6.07, 6.45) is 0.161. The molecule has 0 amide bonds. The minimum atomic E-state index is -1.04. The second-order valence-electron chi connectivity index (χ2n) is 8.80. The first kappa shape index (κ1) is 28.5. The summed E-state index contributed by atoms with van der Waals surface area (Å²) in [5, 5.41) is 0. The highest BCUT2D eigenvalue weighted by Gasteiger charge is 2.23. The third-order valence-corrected chi connectivity index (χ3v) is 5.64. The van der Waals surface area contributed by atoms with Crippen molar-refractivity contribution in [3.63, 3.8) is 0 Å². The van der Waals surface area contributed by atoms with Gasteiger partial charge in [-0.2, -0.15) is 0 Å². The Balaban J connectivity index is 1.06. The zero-order valence-corrected chi connectivity index (χ0v) is 21.5. The second kappa shape index (κ2) is 13.5. The van der Waals surface area contributed by atoms with E-state index in [1.165, 1.54) is 36.4 Å². The Morgan fingerprint density at radius 3 is 1.66 bits per heavy atom. The summed E-state index contributed by atoms with van der Waals surface area (Å²) in [6, 6.07) is 10.8. The molecule has 0 radical (unpaired) electrons. The number of carbonyl (C=O) groups excluding carboxylic acids is 1. The molecule has 2 unspecified atom stereocenters. The normalized spacial score (nSPS) is 17.0. The standard InChI is InChI=1S/C28H25F3O10/c29-23-7-17(37-14-33-10-20-12-35-20)1-4-22(23)28(32)41-19-3-6-27(25(31)9-19)40-16-39-26-5-2-18(8-24(26)30)38-15-34-11-21-13-36-21/h1-9,20-21H,10-16H2. The van der Waals surface area contributed by atoms with E-state index in [1.54, 1.807) is 0 Å². The molecule has 13 heteroatoms. The molecule has 0 aromatic heterocycles. The van der Waals surface area contributed by atoms with Crippen molar-refractivity contribution in [2.45, 2.75) is 12.2 Å². The summed E-state index contributed by atoms with van der Waals surface area (Å²) >= 11 is 0. The van der Waals surface area contributed by atoms with Crippen LogP contribution in [-0.2, 0) is 18.9 Å². The first-order chi connectivity index (χ1) is 19.9. The van der Waals surface area contributed by atoms with Crippen molar-refractivity contribution in [2.75, 3.05) is 46.8 Å². The zero-order valence-electron chi connectivity index (χ0n) is 21.5. The largest absolute Gasteiger partial charge is 0.467 e. The van der Waals surface area contributed by atoms with Gasteiger partial charge in [0.25, 0.3) is 0 Å². The Kier molecular flexibility index (Phi) is 9.41. The van der Waals surface area contributed by atoms with E-state index >= 15 is 0 Å². The number of epoxide rings is 2. The lowest BCUT2D eigenvalue weighted by molar-refractivity contribution is 0.00788. The van der Waals surface area contributed by atoms with E-state index < -0.39 is 30.2 Å². The number of benzene rings is 3. The van der Waals surface area contributed by atoms with Gasteiger partial charge in [-0.1, -0.05) is 0 Å². The molecule has 0 N–H and O–H groups in total. The lowest BCUT2D eigenvalue weighted by Crippen LogP contribution is -2.12. The molecule has 3 aromatic carbocycles. The van der Waals surface area contributed by atoms with Crippen molar-refractivity contribution >= 4 is 5.97 Å². The molecule has 41 heavy (non-hydrogen) atoms. The van der Waals surface area contributed by atoms with Crippen molar-refractivity contribution < 1.29 is 60.6 Å². The quantitative estimate of drug-likeness (QED) is 0.0806. The highest BCUT2D eigenvalue weighted by molar-refractivity contribution is 5.91. The molecule has 2 atom stereocenters. The van der Waals surface area contributed by atoms with Gasteiger partial charge in [-0.3, -0.25) is 0 Å². The van der Waals surface area contributed by atoms with Crippen LogP contribution in [0.1, 0.15) is 10.4 Å². The van der Waals surface area contributed by atoms with Gasteiger partial charge in [0.15, 0.2) is 36.7 Å². The molecule has 2 fully saturated rings. The van der Waals surface area contributed by atoms with E-state index in [0.717, 1.165) is 18.2 Å². The maximum absolute atomic E-state index is 14.5. The molecule has 2 saturated heterocycles. The van der Waals surface area contributed by atoms with E-state index in [0.29, 0.717) is 26.4 Å². The fourth-order valence-electron chi connectivity index (χ4n) is 3.33. The number of hydrogen-bond donors (Lipinski definition) is 0. The van der Waals surface area contributed by atoms with Crippen LogP contribution in [0.5, 0.6) is 28.7 Å². The maximum atomic E-state index is 14.5. The Morgan fingerprint density at radius 1 is 0.659 bits per heavy atom. The molecule has 218 valence electrons. The molecule has 0 spiro atoms. The van der Waals surface area contributed by atoms with Gasteiger partial charge in [0.05, 0.1) is 32.0 Å². The van der Waals surface area contributed by atoms with Crippen molar-refractivity contribution in [1.29, 1.82) is 0 Å². The first-order valence-corrected chi connectivity index (χ1v) is 12.5. The number of esters is 1. The molecule has 2 heterocycles. The summed E-state index contributed by atoms with van der Waals surface area (Å²) in [5.74, 6) is -3.73. The summed E-state index contributed by atoms with van der Waals surface area (Å²) in [5.41, 5.74) is -0.377. The first-order valence-electron chi connectivity index (χ1n) is 12.5. The van der Waals surface area contributed by atoms with Gasteiger partial charge < -0.3 is 42.6 Å². The van der Waals surface area contributed by atoms with Crippen LogP contribution in [0, 0.1) is 17.5 Å². The summed E-state index contributed by atoms with van der Waals surface area (Å²) in [7, 11) is 0. The Hall–Kier alpha value is -4.04. The predicted molar refractivity (Wildman–Crippen MR) is 133 cm³/mol. The van der Waals surface area contributed by atoms with Gasteiger partial charge in [0.1, 0.15) is 35.3 Å². The van der Waals surface area contributed by atoms with Crippen LogP contribution in [-0.4, -0.2) is 65.0 Å². The van der Waals surface area contributed by atoms with Gasteiger partial charge >= 0.3 is 5.97 Å². The summed E-state index contributed by atoms with van der Waals surface area (Å²) in [4.78, 5) is 12.4. The van der Waals surface area contributed by atoms with Crippen LogP contribution in [0.3, 0.4) is 0 Å². The fraction of sp³-hybridized carbons (Fsp3) is 0.321. The molecule has 0 bridgehead atoms.